The van der Waals surface area contributed by atoms with Crippen LogP contribution in [0.4, 0.5) is 4.79 Å². The van der Waals surface area contributed by atoms with Gasteiger partial charge in [0.15, 0.2) is 0 Å². The van der Waals surface area contributed by atoms with E-state index in [1.54, 1.807) is 27.7 Å². The number of hydrogen-bond acceptors (Lipinski definition) is 5. The Labute approximate surface area is 160 Å². The minimum atomic E-state index is -0.733. The molecule has 2 amide bonds. The van der Waals surface area contributed by atoms with Crippen LogP contribution in [0.2, 0.25) is 0 Å². The van der Waals surface area contributed by atoms with Crippen LogP contribution in [0.25, 0.3) is 0 Å². The summed E-state index contributed by atoms with van der Waals surface area (Å²) in [6.45, 7) is 7.55. The summed E-state index contributed by atoms with van der Waals surface area (Å²) in [5.41, 5.74) is 0.348. The van der Waals surface area contributed by atoms with Gasteiger partial charge in [-0.3, -0.25) is 9.69 Å². The summed E-state index contributed by atoms with van der Waals surface area (Å²) in [6.07, 6.45) is 0.143. The number of rotatable bonds is 6. The lowest BCUT2D eigenvalue weighted by Crippen LogP contribution is -2.49. The van der Waals surface area contributed by atoms with Crippen LogP contribution in [-0.2, 0) is 25.7 Å². The molecule has 3 atom stereocenters. The van der Waals surface area contributed by atoms with E-state index in [0.29, 0.717) is 19.3 Å². The minimum absolute atomic E-state index is 0.259. The summed E-state index contributed by atoms with van der Waals surface area (Å²) in [4.78, 5) is 37.3. The maximum absolute atomic E-state index is 12.5. The smallest absolute Gasteiger partial charge is 0.411 e. The number of nitrogens with one attached hydrogen (secondary N) is 1. The van der Waals surface area contributed by atoms with Crippen molar-refractivity contribution in [3.8, 4) is 0 Å². The Morgan fingerprint density at radius 2 is 1.96 bits per heavy atom. The molecule has 1 saturated heterocycles. The normalized spacial score (nSPS) is 20.8. The number of ether oxygens (including phenoxy) is 2. The van der Waals surface area contributed by atoms with Crippen LogP contribution in [0.15, 0.2) is 30.3 Å². The summed E-state index contributed by atoms with van der Waals surface area (Å²) >= 11 is 0. The molecule has 1 aromatic rings. The van der Waals surface area contributed by atoms with Crippen LogP contribution >= 0.6 is 0 Å². The molecular formula is C20H28N2O5. The first-order valence-corrected chi connectivity index (χ1v) is 9.10. The van der Waals surface area contributed by atoms with Crippen LogP contribution in [0, 0.1) is 0 Å². The molecule has 1 aliphatic rings. The lowest BCUT2D eigenvalue weighted by molar-refractivity contribution is -0.127. The third-order valence-electron chi connectivity index (χ3n) is 4.10. The number of likely N-dealkylation sites (tertiary alicyclic amines) is 1. The first kappa shape index (κ1) is 20.9. The summed E-state index contributed by atoms with van der Waals surface area (Å²) in [5, 5.41) is 2.60. The third-order valence-corrected chi connectivity index (χ3v) is 4.10. The zero-order valence-electron chi connectivity index (χ0n) is 16.3. The Bertz CT molecular complexity index is 656. The van der Waals surface area contributed by atoms with Gasteiger partial charge < -0.3 is 19.6 Å². The molecular weight excluding hydrogens is 348 g/mol. The highest BCUT2D eigenvalue weighted by Crippen LogP contribution is 2.24. The standard InChI is InChI=1S/C20H28N2O5/c1-14(12-23)21-18(24)17-10-16(26-13-15-8-6-5-7-9-15)11-22(17)19(25)27-20(2,3)4/h5-9,12,14,16-17H,10-11,13H2,1-4H3,(H,21,24)/t14-,16+,17-/m0/s1. The van der Waals surface area contributed by atoms with E-state index in [0.717, 1.165) is 5.56 Å². The fraction of sp³-hybridized carbons (Fsp3) is 0.550. The number of aldehydes is 1. The van der Waals surface area contributed by atoms with Gasteiger partial charge in [0, 0.05) is 6.42 Å². The molecule has 0 aliphatic carbocycles. The summed E-state index contributed by atoms with van der Waals surface area (Å²) in [7, 11) is 0. The van der Waals surface area contributed by atoms with Gasteiger partial charge in [-0.2, -0.15) is 0 Å². The van der Waals surface area contributed by atoms with E-state index in [1.807, 2.05) is 30.3 Å². The summed E-state index contributed by atoms with van der Waals surface area (Å²) < 4.78 is 11.3. The molecule has 0 bridgehead atoms. The molecule has 7 nitrogen and oxygen atoms in total. The lowest BCUT2D eigenvalue weighted by Gasteiger charge is -2.28. The van der Waals surface area contributed by atoms with Gasteiger partial charge >= 0.3 is 6.09 Å². The van der Waals surface area contributed by atoms with Crippen molar-refractivity contribution in [1.82, 2.24) is 10.2 Å². The third kappa shape index (κ3) is 6.36. The van der Waals surface area contributed by atoms with Crippen molar-refractivity contribution < 1.29 is 23.9 Å². The number of hydrogen-bond donors (Lipinski definition) is 1. The Kier molecular flexibility index (Phi) is 6.96. The summed E-state index contributed by atoms with van der Waals surface area (Å²) in [6, 6.07) is 8.34. The molecule has 0 saturated carbocycles. The van der Waals surface area contributed by atoms with E-state index in [1.165, 1.54) is 4.90 Å². The topological polar surface area (TPSA) is 84.9 Å². The lowest BCUT2D eigenvalue weighted by atomic mass is 10.1. The molecule has 1 heterocycles. The van der Waals surface area contributed by atoms with Crippen molar-refractivity contribution in [2.75, 3.05) is 6.54 Å². The first-order chi connectivity index (χ1) is 12.7. The van der Waals surface area contributed by atoms with Gasteiger partial charge in [0.2, 0.25) is 5.91 Å². The highest BCUT2D eigenvalue weighted by atomic mass is 16.6. The van der Waals surface area contributed by atoms with Crippen LogP contribution in [-0.4, -0.2) is 53.5 Å². The van der Waals surface area contributed by atoms with E-state index in [2.05, 4.69) is 5.32 Å². The van der Waals surface area contributed by atoms with Crippen molar-refractivity contribution >= 4 is 18.3 Å². The van der Waals surface area contributed by atoms with Gasteiger partial charge in [-0.05, 0) is 33.3 Å². The highest BCUT2D eigenvalue weighted by molar-refractivity contribution is 5.88. The van der Waals surface area contributed by atoms with Crippen molar-refractivity contribution in [3.05, 3.63) is 35.9 Å². The number of carbonyl (C=O) groups is 3. The van der Waals surface area contributed by atoms with Crippen LogP contribution in [0.5, 0.6) is 0 Å². The largest absolute Gasteiger partial charge is 0.444 e. The van der Waals surface area contributed by atoms with Gasteiger partial charge in [0.25, 0.3) is 0 Å². The molecule has 0 unspecified atom stereocenters. The Hall–Kier alpha value is -2.41. The molecule has 1 N–H and O–H groups in total. The van der Waals surface area contributed by atoms with E-state index < -0.39 is 23.8 Å². The maximum atomic E-state index is 12.5. The van der Waals surface area contributed by atoms with Crippen molar-refractivity contribution in [1.29, 1.82) is 0 Å². The second-order valence-corrected chi connectivity index (χ2v) is 7.74. The van der Waals surface area contributed by atoms with Crippen molar-refractivity contribution in [2.24, 2.45) is 0 Å². The average molecular weight is 376 g/mol. The molecule has 0 aromatic heterocycles. The van der Waals surface area contributed by atoms with Crippen LogP contribution in [0.1, 0.15) is 39.7 Å². The molecule has 7 heteroatoms. The monoisotopic (exact) mass is 376 g/mol. The molecule has 1 aliphatic heterocycles. The quantitative estimate of drug-likeness (QED) is 0.770. The van der Waals surface area contributed by atoms with Gasteiger partial charge in [-0.15, -0.1) is 0 Å². The molecule has 0 spiro atoms. The predicted molar refractivity (Wildman–Crippen MR) is 100 cm³/mol. The Morgan fingerprint density at radius 3 is 2.56 bits per heavy atom. The number of benzene rings is 1. The zero-order chi connectivity index (χ0) is 20.0. The van der Waals surface area contributed by atoms with Crippen LogP contribution < -0.4 is 5.32 Å². The van der Waals surface area contributed by atoms with E-state index >= 15 is 0 Å². The maximum Gasteiger partial charge on any atom is 0.411 e. The van der Waals surface area contributed by atoms with Gasteiger partial charge in [-0.25, -0.2) is 4.79 Å². The Morgan fingerprint density at radius 1 is 1.30 bits per heavy atom. The van der Waals surface area contributed by atoms with E-state index in [-0.39, 0.29) is 18.6 Å². The summed E-state index contributed by atoms with van der Waals surface area (Å²) in [5.74, 6) is -0.383. The molecule has 1 fully saturated rings. The first-order valence-electron chi connectivity index (χ1n) is 9.10. The van der Waals surface area contributed by atoms with Gasteiger partial charge in [-0.1, -0.05) is 30.3 Å². The zero-order valence-corrected chi connectivity index (χ0v) is 16.3. The van der Waals surface area contributed by atoms with Gasteiger partial charge in [0.05, 0.1) is 25.3 Å². The average Bonchev–Trinajstić information content (AvgIpc) is 3.04. The van der Waals surface area contributed by atoms with E-state index in [4.69, 9.17) is 9.47 Å². The van der Waals surface area contributed by atoms with E-state index in [9.17, 15) is 14.4 Å². The Balaban J connectivity index is 2.06. The molecule has 0 radical (unpaired) electrons. The number of amides is 2. The van der Waals surface area contributed by atoms with Gasteiger partial charge in [0.1, 0.15) is 17.9 Å². The van der Waals surface area contributed by atoms with Crippen molar-refractivity contribution in [2.45, 2.75) is 64.5 Å². The highest BCUT2D eigenvalue weighted by Gasteiger charge is 2.42. The fourth-order valence-corrected chi connectivity index (χ4v) is 2.83. The molecule has 2 rings (SSSR count). The second-order valence-electron chi connectivity index (χ2n) is 7.74. The predicted octanol–water partition coefficient (Wildman–Crippen LogP) is 2.28. The SMILES string of the molecule is C[C@@H](C=O)NC(=O)[C@@H]1C[C@@H](OCc2ccccc2)CN1C(=O)OC(C)(C)C. The van der Waals surface area contributed by atoms with Crippen LogP contribution in [0.3, 0.4) is 0 Å². The minimum Gasteiger partial charge on any atom is -0.444 e. The molecule has 27 heavy (non-hydrogen) atoms. The fourth-order valence-electron chi connectivity index (χ4n) is 2.83. The molecule has 1 aromatic carbocycles. The number of carbonyl (C=O) groups excluding carboxylic acids is 3. The second kappa shape index (κ2) is 8.99. The van der Waals surface area contributed by atoms with Crippen molar-refractivity contribution in [3.63, 3.8) is 0 Å². The molecule has 148 valence electrons. The number of nitrogens with zero attached hydrogens (tertiary/aromatic N) is 1.